The van der Waals surface area contributed by atoms with Crippen molar-refractivity contribution < 1.29 is 22.7 Å². The third-order valence-electron chi connectivity index (χ3n) is 7.26. The van der Waals surface area contributed by atoms with E-state index in [0.29, 0.717) is 23.2 Å². The SMILES string of the molecule is CN(C)CCCCN[C@@H]1CCCN(c2n[nH]c3nccc(Oc4ccc(C(=O)Nc5cc(C(F)(F)F)ccn5)cc4)c23)C1. The molecule has 0 radical (unpaired) electrons. The summed E-state index contributed by atoms with van der Waals surface area (Å²) in [6.07, 6.45) is 2.54. The fourth-order valence-electron chi connectivity index (χ4n) is 5.08. The number of hydrogen-bond donors (Lipinski definition) is 3. The van der Waals surface area contributed by atoms with Gasteiger partial charge in [0.1, 0.15) is 22.7 Å². The highest BCUT2D eigenvalue weighted by atomic mass is 19.4. The summed E-state index contributed by atoms with van der Waals surface area (Å²) in [5.74, 6) is 1.04. The number of rotatable bonds is 11. The van der Waals surface area contributed by atoms with E-state index in [0.717, 1.165) is 81.4 Å². The largest absolute Gasteiger partial charge is 0.456 e. The fourth-order valence-corrected chi connectivity index (χ4v) is 5.08. The minimum absolute atomic E-state index is 0.189. The summed E-state index contributed by atoms with van der Waals surface area (Å²) in [5, 5.41) is 14.5. The van der Waals surface area contributed by atoms with E-state index < -0.39 is 17.6 Å². The average Bonchev–Trinajstić information content (AvgIpc) is 3.42. The van der Waals surface area contributed by atoms with Crippen LogP contribution in [0.5, 0.6) is 11.5 Å². The number of carbonyl (C=O) groups excluding carboxylic acids is 1. The first-order valence-electron chi connectivity index (χ1n) is 14.3. The molecule has 0 aliphatic carbocycles. The van der Waals surface area contributed by atoms with E-state index in [1.165, 1.54) is 12.1 Å². The number of fused-ring (bicyclic) bond motifs is 1. The number of hydrogen-bond acceptors (Lipinski definition) is 8. The van der Waals surface area contributed by atoms with Crippen molar-refractivity contribution >= 4 is 28.6 Å². The predicted molar refractivity (Wildman–Crippen MR) is 159 cm³/mol. The van der Waals surface area contributed by atoms with E-state index in [2.05, 4.69) is 54.7 Å². The van der Waals surface area contributed by atoms with Crippen molar-refractivity contribution in [1.29, 1.82) is 0 Å². The molecule has 1 atom stereocenters. The number of nitrogens with one attached hydrogen (secondary N) is 3. The van der Waals surface area contributed by atoms with Crippen LogP contribution in [0, 0.1) is 0 Å². The van der Waals surface area contributed by atoms with E-state index in [9.17, 15) is 18.0 Å². The Labute approximate surface area is 247 Å². The molecule has 1 aliphatic heterocycles. The molecule has 4 heterocycles. The van der Waals surface area contributed by atoms with E-state index >= 15 is 0 Å². The summed E-state index contributed by atoms with van der Waals surface area (Å²) in [7, 11) is 4.18. The first-order valence-corrected chi connectivity index (χ1v) is 14.3. The van der Waals surface area contributed by atoms with Gasteiger partial charge in [-0.25, -0.2) is 9.97 Å². The van der Waals surface area contributed by atoms with Crippen molar-refractivity contribution in [2.75, 3.05) is 50.5 Å². The minimum atomic E-state index is -4.53. The summed E-state index contributed by atoms with van der Waals surface area (Å²) in [5.41, 5.74) is -0.0457. The Bertz CT molecular complexity index is 1520. The summed E-state index contributed by atoms with van der Waals surface area (Å²) in [6, 6.07) is 10.1. The van der Waals surface area contributed by atoms with E-state index in [-0.39, 0.29) is 11.4 Å². The van der Waals surface area contributed by atoms with Crippen LogP contribution in [0.4, 0.5) is 24.8 Å². The van der Waals surface area contributed by atoms with Gasteiger partial charge in [-0.15, -0.1) is 0 Å². The number of carbonyl (C=O) groups is 1. The van der Waals surface area contributed by atoms with Crippen LogP contribution in [0.3, 0.4) is 0 Å². The van der Waals surface area contributed by atoms with E-state index in [1.807, 2.05) is 0 Å². The molecule has 3 N–H and O–H groups in total. The Morgan fingerprint density at radius 3 is 2.67 bits per heavy atom. The van der Waals surface area contributed by atoms with Crippen LogP contribution in [0.15, 0.2) is 54.9 Å². The van der Waals surface area contributed by atoms with Gasteiger partial charge in [-0.2, -0.15) is 18.3 Å². The number of nitrogens with zero attached hydrogens (tertiary/aromatic N) is 5. The monoisotopic (exact) mass is 596 g/mol. The van der Waals surface area contributed by atoms with Crippen molar-refractivity contribution in [2.24, 2.45) is 0 Å². The lowest BCUT2D eigenvalue weighted by atomic mass is 10.1. The zero-order valence-electron chi connectivity index (χ0n) is 24.1. The van der Waals surface area contributed by atoms with Crippen molar-refractivity contribution in [2.45, 2.75) is 37.9 Å². The molecule has 13 heteroatoms. The highest BCUT2D eigenvalue weighted by Gasteiger charge is 2.31. The summed E-state index contributed by atoms with van der Waals surface area (Å²) < 4.78 is 45.2. The molecule has 0 spiro atoms. The van der Waals surface area contributed by atoms with Crippen LogP contribution in [-0.4, -0.2) is 77.3 Å². The number of ether oxygens (including phenoxy) is 1. The van der Waals surface area contributed by atoms with Gasteiger partial charge in [0, 0.05) is 43.2 Å². The van der Waals surface area contributed by atoms with Gasteiger partial charge in [0.25, 0.3) is 5.91 Å². The molecule has 1 aromatic carbocycles. The molecule has 0 bridgehead atoms. The number of unbranched alkanes of at least 4 members (excludes halogenated alkanes) is 1. The number of aromatic amines is 1. The number of pyridine rings is 2. The van der Waals surface area contributed by atoms with Crippen LogP contribution < -0.4 is 20.3 Å². The molecule has 1 saturated heterocycles. The van der Waals surface area contributed by atoms with Gasteiger partial charge >= 0.3 is 6.18 Å². The molecular formula is C30H35F3N8O2. The summed E-state index contributed by atoms with van der Waals surface area (Å²) in [4.78, 5) is 25.3. The smallest absolute Gasteiger partial charge is 0.416 e. The summed E-state index contributed by atoms with van der Waals surface area (Å²) in [6.45, 7) is 3.76. The zero-order valence-corrected chi connectivity index (χ0v) is 24.1. The van der Waals surface area contributed by atoms with Crippen LogP contribution in [-0.2, 0) is 6.18 Å². The Morgan fingerprint density at radius 1 is 1.12 bits per heavy atom. The molecule has 4 aromatic rings. The second-order valence-electron chi connectivity index (χ2n) is 10.8. The van der Waals surface area contributed by atoms with Gasteiger partial charge in [-0.05, 0) is 89.3 Å². The number of anilines is 2. The Hall–Kier alpha value is -4.23. The number of benzene rings is 1. The van der Waals surface area contributed by atoms with Crippen molar-refractivity contribution in [3.63, 3.8) is 0 Å². The maximum atomic E-state index is 13.0. The standard InChI is InChI=1S/C30H35F3N8O2/c1-40(2)16-4-3-13-34-22-6-5-17-41(19-22)28-26-24(12-15-36-27(26)38-39-28)43-23-9-7-20(8-10-23)29(42)37-25-18-21(11-14-35-25)30(31,32)33/h7-12,14-15,18,22,34H,3-6,13,16-17,19H2,1-2H3,(H,35,37,42)(H,36,38,39)/t22-/m1/s1. The molecule has 1 aliphatic rings. The summed E-state index contributed by atoms with van der Waals surface area (Å²) >= 11 is 0. The topological polar surface area (TPSA) is 111 Å². The van der Waals surface area contributed by atoms with Crippen LogP contribution in [0.25, 0.3) is 11.0 Å². The lowest BCUT2D eigenvalue weighted by Crippen LogP contribution is -2.46. The van der Waals surface area contributed by atoms with Gasteiger partial charge in [0.2, 0.25) is 0 Å². The normalized spacial score (nSPS) is 15.7. The maximum Gasteiger partial charge on any atom is 0.416 e. The number of alkyl halides is 3. The van der Waals surface area contributed by atoms with Crippen LogP contribution in [0.1, 0.15) is 41.6 Å². The highest BCUT2D eigenvalue weighted by molar-refractivity contribution is 6.03. The van der Waals surface area contributed by atoms with Gasteiger partial charge < -0.3 is 25.2 Å². The first kappa shape index (κ1) is 30.2. The Morgan fingerprint density at radius 2 is 1.91 bits per heavy atom. The minimum Gasteiger partial charge on any atom is -0.456 e. The van der Waals surface area contributed by atoms with E-state index in [1.54, 1.807) is 24.4 Å². The molecule has 1 fully saturated rings. The van der Waals surface area contributed by atoms with Gasteiger partial charge in [0.05, 0.1) is 5.56 Å². The van der Waals surface area contributed by atoms with Crippen LogP contribution in [0.2, 0.25) is 0 Å². The number of H-pyrrole nitrogens is 1. The number of amides is 1. The molecule has 43 heavy (non-hydrogen) atoms. The van der Waals surface area contributed by atoms with E-state index in [4.69, 9.17) is 4.74 Å². The zero-order chi connectivity index (χ0) is 30.4. The molecule has 0 unspecified atom stereocenters. The van der Waals surface area contributed by atoms with Crippen molar-refractivity contribution in [3.8, 4) is 11.5 Å². The van der Waals surface area contributed by atoms with Gasteiger partial charge in [-0.1, -0.05) is 0 Å². The number of aromatic nitrogens is 4. The van der Waals surface area contributed by atoms with Crippen molar-refractivity contribution in [3.05, 3.63) is 66.0 Å². The molecule has 228 valence electrons. The first-order chi connectivity index (χ1) is 20.7. The molecular weight excluding hydrogens is 561 g/mol. The third kappa shape index (κ3) is 7.79. The lowest BCUT2D eigenvalue weighted by Gasteiger charge is -2.33. The average molecular weight is 597 g/mol. The molecule has 5 rings (SSSR count). The molecule has 1 amide bonds. The number of piperidine rings is 1. The Kier molecular flexibility index (Phi) is 9.41. The third-order valence-corrected chi connectivity index (χ3v) is 7.26. The van der Waals surface area contributed by atoms with Crippen molar-refractivity contribution in [1.82, 2.24) is 30.4 Å². The molecule has 10 nitrogen and oxygen atoms in total. The molecule has 0 saturated carbocycles. The highest BCUT2D eigenvalue weighted by Crippen LogP contribution is 2.36. The van der Waals surface area contributed by atoms with Gasteiger partial charge in [0.15, 0.2) is 11.5 Å². The quantitative estimate of drug-likeness (QED) is 0.200. The van der Waals surface area contributed by atoms with Gasteiger partial charge in [-0.3, -0.25) is 9.89 Å². The fraction of sp³-hybridized carbons (Fsp3) is 0.400. The maximum absolute atomic E-state index is 13.0. The second kappa shape index (κ2) is 13.4. The lowest BCUT2D eigenvalue weighted by molar-refractivity contribution is -0.137. The Balaban J connectivity index is 1.24. The van der Waals surface area contributed by atoms with Crippen LogP contribution >= 0.6 is 0 Å². The molecule has 3 aromatic heterocycles. The number of halogens is 3. The predicted octanol–water partition coefficient (Wildman–Crippen LogP) is 5.32. The second-order valence-corrected chi connectivity index (χ2v) is 10.8.